The van der Waals surface area contributed by atoms with E-state index in [9.17, 15) is 9.59 Å². The molecule has 5 nitrogen and oxygen atoms in total. The van der Waals surface area contributed by atoms with Gasteiger partial charge >= 0.3 is 0 Å². The van der Waals surface area contributed by atoms with Crippen LogP contribution in [0.15, 0.2) is 24.3 Å². The van der Waals surface area contributed by atoms with Crippen LogP contribution in [0.5, 0.6) is 0 Å². The predicted molar refractivity (Wildman–Crippen MR) is 90.9 cm³/mol. The molecule has 1 saturated heterocycles. The van der Waals surface area contributed by atoms with Gasteiger partial charge in [0.05, 0.1) is 6.04 Å². The smallest absolute Gasteiger partial charge is 0.237 e. The van der Waals surface area contributed by atoms with Crippen molar-refractivity contribution in [2.24, 2.45) is 5.92 Å². The number of nitrogens with one attached hydrogen (secondary N) is 2. The molecule has 1 aliphatic heterocycles. The number of carbonyl (C=O) groups is 2. The van der Waals surface area contributed by atoms with Crippen LogP contribution in [0, 0.1) is 12.8 Å². The molecule has 0 aromatic heterocycles. The number of nitrogens with zero attached hydrogens (tertiary/aromatic N) is 1. The molecule has 1 aromatic carbocycles. The molecule has 126 valence electrons. The zero-order valence-corrected chi connectivity index (χ0v) is 14.3. The maximum atomic E-state index is 12.3. The van der Waals surface area contributed by atoms with E-state index in [4.69, 9.17) is 0 Å². The average molecular weight is 317 g/mol. The van der Waals surface area contributed by atoms with E-state index < -0.39 is 0 Å². The van der Waals surface area contributed by atoms with Crippen LogP contribution in [0.25, 0.3) is 0 Å². The molecule has 1 aromatic rings. The molecule has 0 bridgehead atoms. The summed E-state index contributed by atoms with van der Waals surface area (Å²) >= 11 is 0. The molecule has 23 heavy (non-hydrogen) atoms. The maximum absolute atomic E-state index is 12.3. The number of benzene rings is 1. The summed E-state index contributed by atoms with van der Waals surface area (Å²) in [5.74, 6) is 0.240. The number of rotatable bonds is 5. The Kier molecular flexibility index (Phi) is 6.16. The largest absolute Gasteiger partial charge is 0.359 e. The summed E-state index contributed by atoms with van der Waals surface area (Å²) in [7, 11) is 1.68. The van der Waals surface area contributed by atoms with E-state index in [-0.39, 0.29) is 23.8 Å². The monoisotopic (exact) mass is 317 g/mol. The summed E-state index contributed by atoms with van der Waals surface area (Å²) in [6.07, 6.45) is 1.63. The number of aryl methyl sites for hydroxylation is 1. The molecule has 1 heterocycles. The van der Waals surface area contributed by atoms with Crippen molar-refractivity contribution in [3.05, 3.63) is 35.4 Å². The van der Waals surface area contributed by atoms with Crippen LogP contribution in [0.2, 0.25) is 0 Å². The fourth-order valence-corrected chi connectivity index (χ4v) is 2.96. The van der Waals surface area contributed by atoms with Gasteiger partial charge in [-0.15, -0.1) is 0 Å². The summed E-state index contributed by atoms with van der Waals surface area (Å²) in [6.45, 7) is 6.12. The molecule has 2 rings (SSSR count). The van der Waals surface area contributed by atoms with Gasteiger partial charge in [0.2, 0.25) is 11.8 Å². The second kappa shape index (κ2) is 8.11. The fraction of sp³-hybridized carbons (Fsp3) is 0.556. The topological polar surface area (TPSA) is 61.4 Å². The van der Waals surface area contributed by atoms with Crippen LogP contribution in [0.3, 0.4) is 0 Å². The van der Waals surface area contributed by atoms with Crippen molar-refractivity contribution in [2.75, 3.05) is 20.1 Å². The van der Waals surface area contributed by atoms with Crippen molar-refractivity contribution in [1.29, 1.82) is 0 Å². The number of hydrogen-bond acceptors (Lipinski definition) is 3. The lowest BCUT2D eigenvalue weighted by Crippen LogP contribution is -2.49. The minimum Gasteiger partial charge on any atom is -0.359 e. The van der Waals surface area contributed by atoms with E-state index in [0.29, 0.717) is 6.54 Å². The third kappa shape index (κ3) is 4.79. The number of hydrogen-bond donors (Lipinski definition) is 2. The van der Waals surface area contributed by atoms with E-state index in [1.165, 1.54) is 5.56 Å². The summed E-state index contributed by atoms with van der Waals surface area (Å²) < 4.78 is 0. The molecule has 0 radical (unpaired) electrons. The van der Waals surface area contributed by atoms with E-state index in [1.54, 1.807) is 7.05 Å². The van der Waals surface area contributed by atoms with Gasteiger partial charge in [-0.25, -0.2) is 0 Å². The Hall–Kier alpha value is -1.88. The van der Waals surface area contributed by atoms with Gasteiger partial charge in [-0.05, 0) is 45.3 Å². The quantitative estimate of drug-likeness (QED) is 0.864. The van der Waals surface area contributed by atoms with Gasteiger partial charge in [-0.3, -0.25) is 14.5 Å². The molecule has 5 heteroatoms. The molecular weight excluding hydrogens is 290 g/mol. The summed E-state index contributed by atoms with van der Waals surface area (Å²) in [4.78, 5) is 26.1. The minimum atomic E-state index is -0.161. The summed E-state index contributed by atoms with van der Waals surface area (Å²) in [6, 6.07) is 8.01. The number of piperidine rings is 1. The highest BCUT2D eigenvalue weighted by atomic mass is 16.2. The Labute approximate surface area is 138 Å². The van der Waals surface area contributed by atoms with Crippen molar-refractivity contribution in [3.8, 4) is 0 Å². The summed E-state index contributed by atoms with van der Waals surface area (Å²) in [5, 5.41) is 5.71. The highest BCUT2D eigenvalue weighted by Gasteiger charge is 2.29. The third-order valence-corrected chi connectivity index (χ3v) is 4.66. The van der Waals surface area contributed by atoms with Gasteiger partial charge in [0.15, 0.2) is 0 Å². The fourth-order valence-electron chi connectivity index (χ4n) is 2.96. The number of carbonyl (C=O) groups excluding carboxylic acids is 2. The van der Waals surface area contributed by atoms with Crippen LogP contribution >= 0.6 is 0 Å². The van der Waals surface area contributed by atoms with Crippen molar-refractivity contribution < 1.29 is 9.59 Å². The lowest BCUT2D eigenvalue weighted by Gasteiger charge is -2.34. The van der Waals surface area contributed by atoms with Gasteiger partial charge < -0.3 is 10.6 Å². The molecule has 1 aliphatic rings. The van der Waals surface area contributed by atoms with Crippen molar-refractivity contribution in [3.63, 3.8) is 0 Å². The molecule has 0 aliphatic carbocycles. The Morgan fingerprint density at radius 3 is 2.39 bits per heavy atom. The zero-order chi connectivity index (χ0) is 16.8. The van der Waals surface area contributed by atoms with Crippen LogP contribution in [0.1, 0.15) is 30.9 Å². The molecule has 2 amide bonds. The van der Waals surface area contributed by atoms with Crippen molar-refractivity contribution in [1.82, 2.24) is 15.5 Å². The van der Waals surface area contributed by atoms with E-state index in [1.807, 2.05) is 26.0 Å². The number of likely N-dealkylation sites (tertiary alicyclic amines) is 1. The van der Waals surface area contributed by atoms with Gasteiger partial charge in [-0.1, -0.05) is 29.8 Å². The lowest BCUT2D eigenvalue weighted by atomic mass is 9.95. The predicted octanol–water partition coefficient (Wildman–Crippen LogP) is 1.46. The van der Waals surface area contributed by atoms with Crippen molar-refractivity contribution in [2.45, 2.75) is 39.3 Å². The first kappa shape index (κ1) is 17.5. The first-order chi connectivity index (χ1) is 11.0. The maximum Gasteiger partial charge on any atom is 0.237 e. The third-order valence-electron chi connectivity index (χ3n) is 4.66. The Morgan fingerprint density at radius 2 is 1.83 bits per heavy atom. The molecule has 1 atom stereocenters. The lowest BCUT2D eigenvalue weighted by molar-refractivity contribution is -0.128. The normalized spacial score (nSPS) is 17.5. The van der Waals surface area contributed by atoms with Crippen LogP contribution < -0.4 is 10.6 Å². The standard InChI is InChI=1S/C18H27N3O2/c1-13-4-6-15(7-5-13)12-20-17(22)14(2)21-10-8-16(9-11-21)18(23)19-3/h4-7,14,16H,8-12H2,1-3H3,(H,19,23)(H,20,22)/t14-/m0/s1. The minimum absolute atomic E-state index is 0.0453. The van der Waals surface area contributed by atoms with Crippen molar-refractivity contribution >= 4 is 11.8 Å². The molecular formula is C18H27N3O2. The number of amides is 2. The molecule has 1 fully saturated rings. The van der Waals surface area contributed by atoms with E-state index in [2.05, 4.69) is 27.7 Å². The van der Waals surface area contributed by atoms with Crippen LogP contribution in [-0.4, -0.2) is 42.9 Å². The highest BCUT2D eigenvalue weighted by molar-refractivity contribution is 5.81. The first-order valence-corrected chi connectivity index (χ1v) is 8.30. The SMILES string of the molecule is CNC(=O)C1CCN([C@@H](C)C(=O)NCc2ccc(C)cc2)CC1. The molecule has 0 unspecified atom stereocenters. The van der Waals surface area contributed by atoms with E-state index >= 15 is 0 Å². The Balaban J connectivity index is 1.79. The Bertz CT molecular complexity index is 534. The molecule has 2 N–H and O–H groups in total. The van der Waals surface area contributed by atoms with Gasteiger partial charge in [0, 0.05) is 19.5 Å². The summed E-state index contributed by atoms with van der Waals surface area (Å²) in [5.41, 5.74) is 2.32. The highest BCUT2D eigenvalue weighted by Crippen LogP contribution is 2.19. The van der Waals surface area contributed by atoms with Gasteiger partial charge in [0.25, 0.3) is 0 Å². The Morgan fingerprint density at radius 1 is 1.22 bits per heavy atom. The molecule has 0 saturated carbocycles. The first-order valence-electron chi connectivity index (χ1n) is 8.30. The van der Waals surface area contributed by atoms with E-state index in [0.717, 1.165) is 31.5 Å². The zero-order valence-electron chi connectivity index (χ0n) is 14.3. The van der Waals surface area contributed by atoms with Gasteiger partial charge in [-0.2, -0.15) is 0 Å². The molecule has 0 spiro atoms. The van der Waals surface area contributed by atoms with Crippen LogP contribution in [0.4, 0.5) is 0 Å². The average Bonchev–Trinajstić information content (AvgIpc) is 2.59. The second-order valence-corrected chi connectivity index (χ2v) is 6.30. The second-order valence-electron chi connectivity index (χ2n) is 6.30. The van der Waals surface area contributed by atoms with Crippen LogP contribution in [-0.2, 0) is 16.1 Å². The van der Waals surface area contributed by atoms with Gasteiger partial charge in [0.1, 0.15) is 0 Å².